The van der Waals surface area contributed by atoms with Gasteiger partial charge < -0.3 is 25.0 Å². The predicted molar refractivity (Wildman–Crippen MR) is 100 cm³/mol. The van der Waals surface area contributed by atoms with Crippen LogP contribution in [0.2, 0.25) is 0 Å². The molecule has 2 rings (SSSR count). The molecule has 1 fully saturated rings. The summed E-state index contributed by atoms with van der Waals surface area (Å²) in [7, 11) is 3.35. The number of likely N-dealkylation sites (tertiary alicyclic amines) is 1. The lowest BCUT2D eigenvalue weighted by Gasteiger charge is -2.23. The lowest BCUT2D eigenvalue weighted by molar-refractivity contribution is 0.0507. The van der Waals surface area contributed by atoms with E-state index in [1.54, 1.807) is 20.4 Å². The minimum atomic E-state index is -0.494. The zero-order valence-corrected chi connectivity index (χ0v) is 16.2. The van der Waals surface area contributed by atoms with E-state index < -0.39 is 5.60 Å². The number of hydrogen-bond acceptors (Lipinski definition) is 5. The number of nitrogens with zero attached hydrogens (tertiary/aromatic N) is 3. The summed E-state index contributed by atoms with van der Waals surface area (Å²) < 4.78 is 10.4. The first-order valence-electron chi connectivity index (χ1n) is 8.75. The van der Waals surface area contributed by atoms with Gasteiger partial charge in [-0.1, -0.05) is 6.07 Å². The molecule has 0 saturated carbocycles. The summed E-state index contributed by atoms with van der Waals surface area (Å²) in [4.78, 5) is 22.6. The zero-order chi connectivity index (χ0) is 19.2. The smallest absolute Gasteiger partial charge is 0.407 e. The number of rotatable bonds is 4. The minimum absolute atomic E-state index is 0.0473. The largest absolute Gasteiger partial charge is 0.481 e. The van der Waals surface area contributed by atoms with Crippen LogP contribution in [0, 0.1) is 0 Å². The van der Waals surface area contributed by atoms with Crippen LogP contribution >= 0.6 is 0 Å². The lowest BCUT2D eigenvalue weighted by Crippen LogP contribution is -2.44. The molecule has 1 saturated heterocycles. The van der Waals surface area contributed by atoms with E-state index in [0.717, 1.165) is 24.5 Å². The number of alkyl carbamates (subject to hydrolysis) is 1. The fourth-order valence-electron chi connectivity index (χ4n) is 2.69. The van der Waals surface area contributed by atoms with E-state index in [0.29, 0.717) is 19.0 Å². The van der Waals surface area contributed by atoms with Crippen molar-refractivity contribution >= 4 is 12.1 Å². The van der Waals surface area contributed by atoms with Crippen molar-refractivity contribution in [3.8, 4) is 5.88 Å². The van der Waals surface area contributed by atoms with Crippen molar-refractivity contribution in [1.29, 1.82) is 0 Å². The number of guanidine groups is 1. The Kier molecular flexibility index (Phi) is 6.65. The number of aromatic nitrogens is 1. The first-order chi connectivity index (χ1) is 12.3. The molecular formula is C18H29N5O3. The van der Waals surface area contributed by atoms with Crippen LogP contribution in [0.4, 0.5) is 4.79 Å². The highest BCUT2D eigenvalue weighted by Crippen LogP contribution is 2.12. The van der Waals surface area contributed by atoms with Crippen molar-refractivity contribution in [2.75, 3.05) is 27.2 Å². The van der Waals surface area contributed by atoms with Crippen LogP contribution < -0.4 is 15.4 Å². The van der Waals surface area contributed by atoms with Gasteiger partial charge in [-0.2, -0.15) is 0 Å². The highest BCUT2D eigenvalue weighted by molar-refractivity contribution is 5.80. The molecule has 1 aromatic rings. The Labute approximate surface area is 155 Å². The van der Waals surface area contributed by atoms with Gasteiger partial charge in [0.1, 0.15) is 5.60 Å². The summed E-state index contributed by atoms with van der Waals surface area (Å²) in [6.45, 7) is 7.69. The van der Waals surface area contributed by atoms with E-state index in [1.165, 1.54) is 0 Å². The molecular weight excluding hydrogens is 334 g/mol. The molecule has 0 aromatic carbocycles. The molecule has 1 amide bonds. The molecule has 26 heavy (non-hydrogen) atoms. The van der Waals surface area contributed by atoms with E-state index in [4.69, 9.17) is 9.47 Å². The van der Waals surface area contributed by atoms with E-state index in [1.807, 2.05) is 32.9 Å². The Hall–Kier alpha value is -2.51. The number of amides is 1. The fourth-order valence-corrected chi connectivity index (χ4v) is 2.69. The van der Waals surface area contributed by atoms with Gasteiger partial charge in [0, 0.05) is 38.9 Å². The molecule has 0 spiro atoms. The van der Waals surface area contributed by atoms with Crippen molar-refractivity contribution in [1.82, 2.24) is 20.5 Å². The summed E-state index contributed by atoms with van der Waals surface area (Å²) in [5.74, 6) is 1.39. The Morgan fingerprint density at radius 1 is 1.42 bits per heavy atom. The lowest BCUT2D eigenvalue weighted by atomic mass is 10.2. The quantitative estimate of drug-likeness (QED) is 0.626. The van der Waals surface area contributed by atoms with Gasteiger partial charge in [0.25, 0.3) is 0 Å². The van der Waals surface area contributed by atoms with Crippen molar-refractivity contribution in [2.24, 2.45) is 4.99 Å². The molecule has 8 nitrogen and oxygen atoms in total. The Balaban J connectivity index is 1.82. The second-order valence-corrected chi connectivity index (χ2v) is 7.19. The summed E-state index contributed by atoms with van der Waals surface area (Å²) in [5.41, 5.74) is 0.543. The number of nitrogens with one attached hydrogen (secondary N) is 2. The third-order valence-electron chi connectivity index (χ3n) is 3.88. The first-order valence-corrected chi connectivity index (χ1v) is 8.75. The molecule has 8 heteroatoms. The van der Waals surface area contributed by atoms with Crippen LogP contribution in [0.5, 0.6) is 5.88 Å². The molecule has 144 valence electrons. The van der Waals surface area contributed by atoms with Crippen molar-refractivity contribution < 1.29 is 14.3 Å². The van der Waals surface area contributed by atoms with Gasteiger partial charge in [-0.3, -0.25) is 4.99 Å². The summed E-state index contributed by atoms with van der Waals surface area (Å²) in [6, 6.07) is 3.84. The van der Waals surface area contributed by atoms with Crippen LogP contribution in [-0.4, -0.2) is 60.8 Å². The number of methoxy groups -OCH3 is 1. The van der Waals surface area contributed by atoms with Crippen molar-refractivity contribution in [3.05, 3.63) is 23.9 Å². The highest BCUT2D eigenvalue weighted by atomic mass is 16.6. The van der Waals surface area contributed by atoms with Crippen molar-refractivity contribution in [3.63, 3.8) is 0 Å². The van der Waals surface area contributed by atoms with Gasteiger partial charge in [-0.15, -0.1) is 0 Å². The zero-order valence-electron chi connectivity index (χ0n) is 16.2. The number of aliphatic imine (C=N–C) groups is 1. The average Bonchev–Trinajstić information content (AvgIpc) is 3.02. The van der Waals surface area contributed by atoms with Crippen LogP contribution in [-0.2, 0) is 11.3 Å². The fraction of sp³-hybridized carbons (Fsp3) is 0.611. The molecule has 0 radical (unpaired) electrons. The van der Waals surface area contributed by atoms with E-state index >= 15 is 0 Å². The van der Waals surface area contributed by atoms with Gasteiger partial charge >= 0.3 is 6.09 Å². The molecule has 1 aliphatic heterocycles. The Morgan fingerprint density at radius 3 is 2.77 bits per heavy atom. The number of ether oxygens (including phenoxy) is 2. The van der Waals surface area contributed by atoms with Gasteiger partial charge in [0.05, 0.1) is 13.2 Å². The molecule has 1 aliphatic rings. The maximum Gasteiger partial charge on any atom is 0.407 e. The Morgan fingerprint density at radius 2 is 2.19 bits per heavy atom. The SMILES string of the molecule is CN=C(NCc1ccc(OC)nc1)N1CCC(NC(=O)OC(C)(C)C)C1. The van der Waals surface area contributed by atoms with Gasteiger partial charge in [0.15, 0.2) is 5.96 Å². The van der Waals surface area contributed by atoms with Gasteiger partial charge in [-0.05, 0) is 32.8 Å². The van der Waals surface area contributed by atoms with Crippen molar-refractivity contribution in [2.45, 2.75) is 45.4 Å². The molecule has 1 atom stereocenters. The molecule has 1 aromatic heterocycles. The van der Waals surface area contributed by atoms with E-state index in [9.17, 15) is 4.79 Å². The highest BCUT2D eigenvalue weighted by Gasteiger charge is 2.27. The van der Waals surface area contributed by atoms with Crippen LogP contribution in [0.25, 0.3) is 0 Å². The number of carbonyl (C=O) groups excluding carboxylic acids is 1. The second-order valence-electron chi connectivity index (χ2n) is 7.19. The van der Waals surface area contributed by atoms with E-state index in [2.05, 4.69) is 25.5 Å². The number of hydrogen-bond donors (Lipinski definition) is 2. The van der Waals surface area contributed by atoms with Crippen LogP contribution in [0.3, 0.4) is 0 Å². The predicted octanol–water partition coefficient (Wildman–Crippen LogP) is 1.76. The minimum Gasteiger partial charge on any atom is -0.481 e. The average molecular weight is 363 g/mol. The summed E-state index contributed by atoms with van der Waals surface area (Å²) in [6.07, 6.45) is 2.25. The molecule has 2 heterocycles. The van der Waals surface area contributed by atoms with E-state index in [-0.39, 0.29) is 12.1 Å². The van der Waals surface area contributed by atoms with Crippen LogP contribution in [0.15, 0.2) is 23.3 Å². The first kappa shape index (κ1) is 19.8. The normalized spacial score (nSPS) is 17.8. The summed E-state index contributed by atoms with van der Waals surface area (Å²) >= 11 is 0. The topological polar surface area (TPSA) is 88.1 Å². The maximum atomic E-state index is 11.9. The maximum absolute atomic E-state index is 11.9. The monoisotopic (exact) mass is 363 g/mol. The third kappa shape index (κ3) is 6.09. The summed E-state index contributed by atoms with van der Waals surface area (Å²) in [5, 5.41) is 6.25. The molecule has 0 aliphatic carbocycles. The molecule has 2 N–H and O–H groups in total. The molecule has 1 unspecified atom stereocenters. The number of pyridine rings is 1. The third-order valence-corrected chi connectivity index (χ3v) is 3.88. The number of carbonyl (C=O) groups is 1. The van der Waals surface area contributed by atoms with Gasteiger partial charge in [0.2, 0.25) is 5.88 Å². The van der Waals surface area contributed by atoms with Crippen LogP contribution in [0.1, 0.15) is 32.8 Å². The second kappa shape index (κ2) is 8.73. The molecule has 0 bridgehead atoms. The Bertz CT molecular complexity index is 625. The standard InChI is InChI=1S/C18H29N5O3/c1-18(2,3)26-17(24)22-14-8-9-23(12-14)16(19-4)21-11-13-6-7-15(25-5)20-10-13/h6-7,10,14H,8-9,11-12H2,1-5H3,(H,19,21)(H,22,24). The van der Waals surface area contributed by atoms with Gasteiger partial charge in [-0.25, -0.2) is 9.78 Å².